The molecule has 2 N–H and O–H groups in total. The summed E-state index contributed by atoms with van der Waals surface area (Å²) in [7, 11) is -3.39. The Bertz CT molecular complexity index is 758. The zero-order valence-corrected chi connectivity index (χ0v) is 13.8. The van der Waals surface area contributed by atoms with Gasteiger partial charge in [-0.25, -0.2) is 8.42 Å². The van der Waals surface area contributed by atoms with Gasteiger partial charge in [-0.05, 0) is 30.5 Å². The van der Waals surface area contributed by atoms with Gasteiger partial charge in [-0.15, -0.1) is 0 Å². The fourth-order valence-electron chi connectivity index (χ4n) is 2.19. The van der Waals surface area contributed by atoms with Crippen LogP contribution in [0.4, 0.5) is 11.4 Å². The van der Waals surface area contributed by atoms with Gasteiger partial charge in [0.15, 0.2) is 0 Å². The average molecular weight is 332 g/mol. The van der Waals surface area contributed by atoms with E-state index in [0.29, 0.717) is 17.8 Å². The van der Waals surface area contributed by atoms with Crippen LogP contribution in [0.25, 0.3) is 0 Å². The van der Waals surface area contributed by atoms with Crippen LogP contribution in [0, 0.1) is 0 Å². The molecule has 0 bridgehead atoms. The quantitative estimate of drug-likeness (QED) is 0.818. The number of para-hydroxylation sites is 2. The highest BCUT2D eigenvalue weighted by molar-refractivity contribution is 7.92. The molecule has 0 heterocycles. The van der Waals surface area contributed by atoms with Crippen molar-refractivity contribution in [3.8, 4) is 0 Å². The first kappa shape index (κ1) is 17.0. The molecule has 2 aromatic carbocycles. The Labute approximate surface area is 136 Å². The first-order valence-electron chi connectivity index (χ1n) is 7.34. The summed E-state index contributed by atoms with van der Waals surface area (Å²) >= 11 is 0. The van der Waals surface area contributed by atoms with Gasteiger partial charge in [0.05, 0.1) is 17.6 Å². The lowest BCUT2D eigenvalue weighted by Gasteiger charge is -2.11. The van der Waals surface area contributed by atoms with Crippen molar-refractivity contribution in [3.05, 3.63) is 60.2 Å². The molecule has 2 rings (SSSR count). The van der Waals surface area contributed by atoms with Gasteiger partial charge >= 0.3 is 0 Å². The molecule has 6 heteroatoms. The molecule has 0 aliphatic rings. The lowest BCUT2D eigenvalue weighted by atomic mass is 10.1. The molecule has 5 nitrogen and oxygen atoms in total. The van der Waals surface area contributed by atoms with Gasteiger partial charge in [0.25, 0.3) is 0 Å². The molecule has 0 aliphatic heterocycles. The lowest BCUT2D eigenvalue weighted by molar-refractivity contribution is -0.116. The number of anilines is 2. The molecule has 23 heavy (non-hydrogen) atoms. The van der Waals surface area contributed by atoms with E-state index < -0.39 is 10.0 Å². The van der Waals surface area contributed by atoms with Crippen LogP contribution in [0.1, 0.15) is 18.4 Å². The molecule has 0 radical (unpaired) electrons. The lowest BCUT2D eigenvalue weighted by Crippen LogP contribution is -2.15. The van der Waals surface area contributed by atoms with Crippen molar-refractivity contribution in [1.29, 1.82) is 0 Å². The van der Waals surface area contributed by atoms with Crippen LogP contribution in [0.3, 0.4) is 0 Å². The maximum absolute atomic E-state index is 12.0. The highest BCUT2D eigenvalue weighted by Crippen LogP contribution is 2.22. The van der Waals surface area contributed by atoms with Gasteiger partial charge in [0.1, 0.15) is 0 Å². The third-order valence-corrected chi connectivity index (χ3v) is 3.80. The topological polar surface area (TPSA) is 75.3 Å². The van der Waals surface area contributed by atoms with Crippen LogP contribution in [0.5, 0.6) is 0 Å². The normalized spacial score (nSPS) is 11.0. The van der Waals surface area contributed by atoms with Crippen LogP contribution in [0.15, 0.2) is 54.6 Å². The molecule has 122 valence electrons. The van der Waals surface area contributed by atoms with Crippen molar-refractivity contribution < 1.29 is 13.2 Å². The minimum absolute atomic E-state index is 0.135. The Morgan fingerprint density at radius 1 is 0.957 bits per heavy atom. The Morgan fingerprint density at radius 2 is 1.57 bits per heavy atom. The largest absolute Gasteiger partial charge is 0.324 e. The first-order valence-corrected chi connectivity index (χ1v) is 9.24. The van der Waals surface area contributed by atoms with E-state index in [0.717, 1.165) is 19.1 Å². The summed E-state index contributed by atoms with van der Waals surface area (Å²) in [6.45, 7) is 0. The third-order valence-electron chi connectivity index (χ3n) is 3.21. The SMILES string of the molecule is CS(=O)(=O)Nc1ccccc1NC(=O)CCCc1ccccc1. The van der Waals surface area contributed by atoms with Crippen molar-refractivity contribution in [2.45, 2.75) is 19.3 Å². The van der Waals surface area contributed by atoms with E-state index in [1.165, 1.54) is 5.56 Å². The van der Waals surface area contributed by atoms with Crippen molar-refractivity contribution in [1.82, 2.24) is 0 Å². The van der Waals surface area contributed by atoms with Crippen LogP contribution < -0.4 is 10.0 Å². The predicted molar refractivity (Wildman–Crippen MR) is 92.9 cm³/mol. The summed E-state index contributed by atoms with van der Waals surface area (Å²) in [6.07, 6.45) is 3.02. The summed E-state index contributed by atoms with van der Waals surface area (Å²) in [5.41, 5.74) is 2.02. The van der Waals surface area contributed by atoms with Gasteiger partial charge in [0.2, 0.25) is 15.9 Å². The molecule has 2 aromatic rings. The smallest absolute Gasteiger partial charge is 0.229 e. The van der Waals surface area contributed by atoms with Gasteiger partial charge < -0.3 is 5.32 Å². The van der Waals surface area contributed by atoms with E-state index in [1.807, 2.05) is 30.3 Å². The van der Waals surface area contributed by atoms with E-state index in [4.69, 9.17) is 0 Å². The van der Waals surface area contributed by atoms with Crippen LogP contribution >= 0.6 is 0 Å². The highest BCUT2D eigenvalue weighted by atomic mass is 32.2. The second-order valence-electron chi connectivity index (χ2n) is 5.31. The van der Waals surface area contributed by atoms with E-state index in [9.17, 15) is 13.2 Å². The number of amides is 1. The van der Waals surface area contributed by atoms with Crippen LogP contribution in [-0.2, 0) is 21.2 Å². The molecule has 0 aliphatic carbocycles. The number of hydrogen-bond donors (Lipinski definition) is 2. The molecule has 0 unspecified atom stereocenters. The van der Waals surface area contributed by atoms with Crippen molar-refractivity contribution in [3.63, 3.8) is 0 Å². The van der Waals surface area contributed by atoms with E-state index in [2.05, 4.69) is 10.0 Å². The monoisotopic (exact) mass is 332 g/mol. The number of carbonyl (C=O) groups is 1. The maximum Gasteiger partial charge on any atom is 0.229 e. The van der Waals surface area contributed by atoms with Crippen molar-refractivity contribution >= 4 is 27.3 Å². The molecule has 0 spiro atoms. The molecule has 1 amide bonds. The predicted octanol–water partition coefficient (Wildman–Crippen LogP) is 3.02. The maximum atomic E-state index is 12.0. The summed E-state index contributed by atoms with van der Waals surface area (Å²) < 4.78 is 25.1. The number of rotatable bonds is 7. The molecule has 0 saturated carbocycles. The number of sulfonamides is 1. The average Bonchev–Trinajstić information content (AvgIpc) is 2.49. The molecule has 0 atom stereocenters. The first-order chi connectivity index (χ1) is 10.9. The second-order valence-corrected chi connectivity index (χ2v) is 7.06. The van der Waals surface area contributed by atoms with Crippen molar-refractivity contribution in [2.24, 2.45) is 0 Å². The number of carbonyl (C=O) groups excluding carboxylic acids is 1. The summed E-state index contributed by atoms with van der Waals surface area (Å²) in [5.74, 6) is -0.135. The number of benzene rings is 2. The zero-order valence-electron chi connectivity index (χ0n) is 13.0. The Hall–Kier alpha value is -2.34. The Kier molecular flexibility index (Phi) is 5.76. The summed E-state index contributed by atoms with van der Waals surface area (Å²) in [5, 5.41) is 2.75. The zero-order chi connectivity index (χ0) is 16.7. The second kappa shape index (κ2) is 7.78. The standard InChI is InChI=1S/C17H20N2O3S/c1-23(21,22)19-16-12-6-5-11-15(16)18-17(20)13-7-10-14-8-3-2-4-9-14/h2-6,8-9,11-12,19H,7,10,13H2,1H3,(H,18,20). The number of nitrogens with one attached hydrogen (secondary N) is 2. The minimum atomic E-state index is -3.39. The van der Waals surface area contributed by atoms with Gasteiger partial charge in [-0.3, -0.25) is 9.52 Å². The van der Waals surface area contributed by atoms with Gasteiger partial charge in [0, 0.05) is 6.42 Å². The molecular weight excluding hydrogens is 312 g/mol. The van der Waals surface area contributed by atoms with Crippen LogP contribution in [-0.4, -0.2) is 20.6 Å². The number of hydrogen-bond acceptors (Lipinski definition) is 3. The third kappa shape index (κ3) is 6.12. The molecular formula is C17H20N2O3S. The van der Waals surface area contributed by atoms with Crippen molar-refractivity contribution in [2.75, 3.05) is 16.3 Å². The van der Waals surface area contributed by atoms with E-state index in [1.54, 1.807) is 24.3 Å². The molecule has 0 saturated heterocycles. The molecule has 0 fully saturated rings. The summed E-state index contributed by atoms with van der Waals surface area (Å²) in [6, 6.07) is 16.7. The van der Waals surface area contributed by atoms with Gasteiger partial charge in [-0.2, -0.15) is 0 Å². The number of aryl methyl sites for hydroxylation is 1. The fraction of sp³-hybridized carbons (Fsp3) is 0.235. The Morgan fingerprint density at radius 3 is 2.22 bits per heavy atom. The van der Waals surface area contributed by atoms with Gasteiger partial charge in [-0.1, -0.05) is 42.5 Å². The van der Waals surface area contributed by atoms with E-state index >= 15 is 0 Å². The minimum Gasteiger partial charge on any atom is -0.324 e. The fourth-order valence-corrected chi connectivity index (χ4v) is 2.77. The van der Waals surface area contributed by atoms with Crippen LogP contribution in [0.2, 0.25) is 0 Å². The molecule has 0 aromatic heterocycles. The highest BCUT2D eigenvalue weighted by Gasteiger charge is 2.09. The summed E-state index contributed by atoms with van der Waals surface area (Å²) in [4.78, 5) is 12.0. The Balaban J connectivity index is 1.90. The van der Waals surface area contributed by atoms with E-state index in [-0.39, 0.29) is 5.91 Å².